The Morgan fingerprint density at radius 3 is 2.95 bits per heavy atom. The maximum atomic E-state index is 12.2. The van der Waals surface area contributed by atoms with E-state index in [1.54, 1.807) is 6.26 Å². The van der Waals surface area contributed by atoms with Gasteiger partial charge in [0.15, 0.2) is 6.61 Å². The minimum atomic E-state index is 0.0345. The molecule has 3 rings (SSSR count). The molecule has 1 aliphatic rings. The normalized spacial score (nSPS) is 18.0. The van der Waals surface area contributed by atoms with Crippen LogP contribution in [-0.2, 0) is 4.79 Å². The predicted octanol–water partition coefficient (Wildman–Crippen LogP) is 2.98. The molecule has 0 bridgehead atoms. The van der Waals surface area contributed by atoms with Crippen molar-refractivity contribution in [3.8, 4) is 5.75 Å². The molecule has 4 heteroatoms. The third-order valence-corrected chi connectivity index (χ3v) is 3.93. The van der Waals surface area contributed by atoms with E-state index in [0.29, 0.717) is 12.5 Å². The van der Waals surface area contributed by atoms with E-state index in [-0.39, 0.29) is 12.5 Å². The topological polar surface area (TPSA) is 42.7 Å². The van der Waals surface area contributed by atoms with Crippen molar-refractivity contribution in [2.75, 3.05) is 19.7 Å². The Hall–Kier alpha value is -2.23. The van der Waals surface area contributed by atoms with Gasteiger partial charge < -0.3 is 14.1 Å². The van der Waals surface area contributed by atoms with Crippen LogP contribution >= 0.6 is 0 Å². The smallest absolute Gasteiger partial charge is 0.260 e. The Bertz CT molecular complexity index is 606. The summed E-state index contributed by atoms with van der Waals surface area (Å²) < 4.78 is 11.0. The van der Waals surface area contributed by atoms with Crippen LogP contribution in [0.15, 0.2) is 47.1 Å². The van der Waals surface area contributed by atoms with Crippen molar-refractivity contribution in [2.45, 2.75) is 19.3 Å². The maximum absolute atomic E-state index is 12.2. The van der Waals surface area contributed by atoms with Crippen LogP contribution in [0.3, 0.4) is 0 Å². The fourth-order valence-corrected chi connectivity index (χ4v) is 2.69. The summed E-state index contributed by atoms with van der Waals surface area (Å²) in [5.41, 5.74) is 1.04. The molecule has 1 unspecified atom stereocenters. The van der Waals surface area contributed by atoms with Crippen molar-refractivity contribution in [3.63, 3.8) is 0 Å². The molecule has 1 amide bonds. The molecule has 1 atom stereocenters. The molecule has 1 saturated heterocycles. The molecule has 0 aliphatic carbocycles. The number of nitrogens with zero attached hydrogens (tertiary/aromatic N) is 1. The monoisotopic (exact) mass is 285 g/mol. The largest absolute Gasteiger partial charge is 0.484 e. The SMILES string of the molecule is Cc1ccccc1OCC(=O)N1CCC(c2ccco2)C1. The van der Waals surface area contributed by atoms with Crippen LogP contribution in [0.4, 0.5) is 0 Å². The third-order valence-electron chi connectivity index (χ3n) is 3.93. The Kier molecular flexibility index (Phi) is 3.95. The Labute approximate surface area is 124 Å². The zero-order valence-electron chi connectivity index (χ0n) is 12.1. The molecule has 1 aromatic heterocycles. The van der Waals surface area contributed by atoms with E-state index in [9.17, 15) is 4.79 Å². The lowest BCUT2D eigenvalue weighted by atomic mass is 10.1. The number of rotatable bonds is 4. The van der Waals surface area contributed by atoms with Gasteiger partial charge in [0.2, 0.25) is 0 Å². The summed E-state index contributed by atoms with van der Waals surface area (Å²) in [7, 11) is 0. The molecule has 1 aromatic carbocycles. The highest BCUT2D eigenvalue weighted by molar-refractivity contribution is 5.78. The van der Waals surface area contributed by atoms with Crippen molar-refractivity contribution >= 4 is 5.91 Å². The molecule has 0 radical (unpaired) electrons. The van der Waals surface area contributed by atoms with E-state index in [2.05, 4.69) is 0 Å². The number of ether oxygens (including phenoxy) is 1. The number of hydrogen-bond acceptors (Lipinski definition) is 3. The number of para-hydroxylation sites is 1. The first-order valence-corrected chi connectivity index (χ1v) is 7.23. The van der Waals surface area contributed by atoms with Crippen molar-refractivity contribution in [3.05, 3.63) is 54.0 Å². The lowest BCUT2D eigenvalue weighted by Crippen LogP contribution is -2.32. The fraction of sp³-hybridized carbons (Fsp3) is 0.353. The van der Waals surface area contributed by atoms with Gasteiger partial charge in [-0.1, -0.05) is 18.2 Å². The van der Waals surface area contributed by atoms with Crippen LogP contribution < -0.4 is 4.74 Å². The van der Waals surface area contributed by atoms with Crippen LogP contribution in [0.5, 0.6) is 5.75 Å². The third kappa shape index (κ3) is 3.10. The van der Waals surface area contributed by atoms with Gasteiger partial charge in [-0.15, -0.1) is 0 Å². The summed E-state index contributed by atoms with van der Waals surface area (Å²) in [4.78, 5) is 14.1. The van der Waals surface area contributed by atoms with Gasteiger partial charge in [0.25, 0.3) is 5.91 Å². The van der Waals surface area contributed by atoms with Crippen molar-refractivity contribution in [1.82, 2.24) is 4.90 Å². The van der Waals surface area contributed by atoms with Crippen LogP contribution in [-0.4, -0.2) is 30.5 Å². The van der Waals surface area contributed by atoms with Gasteiger partial charge in [0, 0.05) is 19.0 Å². The summed E-state index contributed by atoms with van der Waals surface area (Å²) in [5, 5.41) is 0. The predicted molar refractivity (Wildman–Crippen MR) is 79.3 cm³/mol. The lowest BCUT2D eigenvalue weighted by Gasteiger charge is -2.17. The van der Waals surface area contributed by atoms with E-state index in [0.717, 1.165) is 30.0 Å². The molecule has 21 heavy (non-hydrogen) atoms. The van der Waals surface area contributed by atoms with Gasteiger partial charge in [-0.3, -0.25) is 4.79 Å². The number of furan rings is 1. The zero-order valence-corrected chi connectivity index (χ0v) is 12.1. The lowest BCUT2D eigenvalue weighted by molar-refractivity contribution is -0.132. The molecular weight excluding hydrogens is 266 g/mol. The Morgan fingerprint density at radius 1 is 1.33 bits per heavy atom. The summed E-state index contributed by atoms with van der Waals surface area (Å²) in [6.07, 6.45) is 2.63. The van der Waals surface area contributed by atoms with Crippen LogP contribution in [0.2, 0.25) is 0 Å². The minimum absolute atomic E-state index is 0.0345. The molecule has 2 aromatic rings. The fourth-order valence-electron chi connectivity index (χ4n) is 2.69. The van der Waals surface area contributed by atoms with E-state index in [4.69, 9.17) is 9.15 Å². The first kappa shape index (κ1) is 13.7. The number of hydrogen-bond donors (Lipinski definition) is 0. The highest BCUT2D eigenvalue weighted by Crippen LogP contribution is 2.27. The molecule has 1 fully saturated rings. The average Bonchev–Trinajstić information content (AvgIpc) is 3.16. The zero-order chi connectivity index (χ0) is 14.7. The first-order valence-electron chi connectivity index (χ1n) is 7.23. The van der Waals surface area contributed by atoms with Gasteiger partial charge in [-0.25, -0.2) is 0 Å². The highest BCUT2D eigenvalue weighted by atomic mass is 16.5. The molecule has 2 heterocycles. The second-order valence-corrected chi connectivity index (χ2v) is 5.39. The second-order valence-electron chi connectivity index (χ2n) is 5.39. The summed E-state index contributed by atoms with van der Waals surface area (Å²) >= 11 is 0. The molecule has 110 valence electrons. The first-order chi connectivity index (χ1) is 10.2. The molecular formula is C17H19NO3. The number of benzene rings is 1. The standard InChI is InChI=1S/C17H19NO3/c1-13-5-2-3-6-15(13)21-12-17(19)18-9-8-14(11-18)16-7-4-10-20-16/h2-7,10,14H,8-9,11-12H2,1H3. The molecule has 0 spiro atoms. The molecule has 1 aliphatic heterocycles. The van der Waals surface area contributed by atoms with Gasteiger partial charge in [0.05, 0.1) is 6.26 Å². The number of amides is 1. The second kappa shape index (κ2) is 6.04. The summed E-state index contributed by atoms with van der Waals surface area (Å²) in [6, 6.07) is 11.6. The van der Waals surface area contributed by atoms with Gasteiger partial charge in [-0.2, -0.15) is 0 Å². The maximum Gasteiger partial charge on any atom is 0.260 e. The molecule has 0 N–H and O–H groups in total. The van der Waals surface area contributed by atoms with Crippen molar-refractivity contribution in [1.29, 1.82) is 0 Å². The Balaban J connectivity index is 1.54. The number of likely N-dealkylation sites (tertiary alicyclic amines) is 1. The van der Waals surface area contributed by atoms with Gasteiger partial charge >= 0.3 is 0 Å². The Morgan fingerprint density at radius 2 is 2.19 bits per heavy atom. The van der Waals surface area contributed by atoms with Crippen LogP contribution in [0, 0.1) is 6.92 Å². The number of carbonyl (C=O) groups excluding carboxylic acids is 1. The van der Waals surface area contributed by atoms with Crippen LogP contribution in [0.1, 0.15) is 23.7 Å². The van der Waals surface area contributed by atoms with Crippen molar-refractivity contribution < 1.29 is 13.9 Å². The number of carbonyl (C=O) groups is 1. The summed E-state index contributed by atoms with van der Waals surface area (Å²) in [5.74, 6) is 2.08. The van der Waals surface area contributed by atoms with E-state index >= 15 is 0 Å². The molecule has 0 saturated carbocycles. The highest BCUT2D eigenvalue weighted by Gasteiger charge is 2.28. The minimum Gasteiger partial charge on any atom is -0.484 e. The van der Waals surface area contributed by atoms with E-state index in [1.165, 1.54) is 0 Å². The van der Waals surface area contributed by atoms with Crippen LogP contribution in [0.25, 0.3) is 0 Å². The quantitative estimate of drug-likeness (QED) is 0.867. The van der Waals surface area contributed by atoms with Crippen molar-refractivity contribution in [2.24, 2.45) is 0 Å². The van der Waals surface area contributed by atoms with E-state index < -0.39 is 0 Å². The van der Waals surface area contributed by atoms with E-state index in [1.807, 2.05) is 48.2 Å². The average molecular weight is 285 g/mol. The molecule has 4 nitrogen and oxygen atoms in total. The van der Waals surface area contributed by atoms with Gasteiger partial charge in [-0.05, 0) is 37.1 Å². The summed E-state index contributed by atoms with van der Waals surface area (Å²) in [6.45, 7) is 3.54. The number of aryl methyl sites for hydroxylation is 1. The van der Waals surface area contributed by atoms with Gasteiger partial charge in [0.1, 0.15) is 11.5 Å².